The normalized spacial score (nSPS) is 10.8. The molecular weight excluding hydrogens is 232 g/mol. The number of nitrogens with zero attached hydrogens (tertiary/aromatic N) is 2. The van der Waals surface area contributed by atoms with Crippen molar-refractivity contribution in [3.63, 3.8) is 0 Å². The molecule has 17 heavy (non-hydrogen) atoms. The van der Waals surface area contributed by atoms with E-state index in [9.17, 15) is 0 Å². The van der Waals surface area contributed by atoms with Crippen molar-refractivity contribution in [3.05, 3.63) is 53.1 Å². The lowest BCUT2D eigenvalue weighted by Crippen LogP contribution is -2.36. The van der Waals surface area contributed by atoms with Crippen LogP contribution < -0.4 is 4.57 Å². The molecule has 0 aliphatic carbocycles. The van der Waals surface area contributed by atoms with Crippen LogP contribution in [0.2, 0.25) is 5.02 Å². The van der Waals surface area contributed by atoms with Crippen LogP contribution >= 0.6 is 11.6 Å². The van der Waals surface area contributed by atoms with Gasteiger partial charge in [0.25, 0.3) is 5.82 Å². The summed E-state index contributed by atoms with van der Waals surface area (Å²) in [6.45, 7) is 6.30. The van der Waals surface area contributed by atoms with Crippen molar-refractivity contribution >= 4 is 11.6 Å². The Balaban J connectivity index is 2.19. The number of aromatic nitrogens is 2. The van der Waals surface area contributed by atoms with E-state index in [2.05, 4.69) is 41.4 Å². The number of hydrogen-bond donors (Lipinski definition) is 0. The molecule has 2 nitrogen and oxygen atoms in total. The van der Waals surface area contributed by atoms with Gasteiger partial charge in [-0.1, -0.05) is 30.7 Å². The molecule has 3 heteroatoms. The highest BCUT2D eigenvalue weighted by Gasteiger charge is 2.11. The molecule has 1 aromatic heterocycles. The zero-order valence-corrected chi connectivity index (χ0v) is 11.1. The standard InChI is InChI=1S/C14H18ClN2/c1-3-7-16-8-9-17(12(16)2)11-13-5-4-6-14(15)10-13/h4-6,8-10H,3,7,11H2,1-2H3/q+1. The van der Waals surface area contributed by atoms with Crippen molar-refractivity contribution < 1.29 is 4.57 Å². The number of hydrogen-bond acceptors (Lipinski definition) is 0. The molecule has 90 valence electrons. The Kier molecular flexibility index (Phi) is 3.85. The summed E-state index contributed by atoms with van der Waals surface area (Å²) in [6, 6.07) is 8.03. The van der Waals surface area contributed by atoms with Gasteiger partial charge in [-0.2, -0.15) is 0 Å². The van der Waals surface area contributed by atoms with Gasteiger partial charge in [0.15, 0.2) is 0 Å². The van der Waals surface area contributed by atoms with Gasteiger partial charge < -0.3 is 0 Å². The van der Waals surface area contributed by atoms with Crippen LogP contribution in [-0.4, -0.2) is 4.57 Å². The average molecular weight is 250 g/mol. The predicted octanol–water partition coefficient (Wildman–Crippen LogP) is 3.20. The summed E-state index contributed by atoms with van der Waals surface area (Å²) in [6.07, 6.45) is 5.43. The summed E-state index contributed by atoms with van der Waals surface area (Å²) in [4.78, 5) is 0. The van der Waals surface area contributed by atoms with Gasteiger partial charge in [-0.3, -0.25) is 0 Å². The fourth-order valence-corrected chi connectivity index (χ4v) is 2.23. The number of halogens is 1. The molecule has 1 aromatic carbocycles. The summed E-state index contributed by atoms with van der Waals surface area (Å²) >= 11 is 5.99. The second-order valence-electron chi connectivity index (χ2n) is 4.30. The Labute approximate surface area is 107 Å². The average Bonchev–Trinajstić information content (AvgIpc) is 2.62. The lowest BCUT2D eigenvalue weighted by Gasteiger charge is -2.01. The van der Waals surface area contributed by atoms with E-state index in [-0.39, 0.29) is 0 Å². The second kappa shape index (κ2) is 5.37. The van der Waals surface area contributed by atoms with Gasteiger partial charge in [0.2, 0.25) is 0 Å². The van der Waals surface area contributed by atoms with Crippen molar-refractivity contribution in [2.24, 2.45) is 0 Å². The van der Waals surface area contributed by atoms with Crippen LogP contribution in [0.1, 0.15) is 24.7 Å². The zero-order chi connectivity index (χ0) is 12.3. The van der Waals surface area contributed by atoms with E-state index in [0.29, 0.717) is 0 Å². The number of rotatable bonds is 4. The fourth-order valence-electron chi connectivity index (χ4n) is 2.02. The first kappa shape index (κ1) is 12.2. The highest BCUT2D eigenvalue weighted by Crippen LogP contribution is 2.10. The Morgan fingerprint density at radius 2 is 2.18 bits per heavy atom. The second-order valence-corrected chi connectivity index (χ2v) is 4.73. The lowest BCUT2D eigenvalue weighted by atomic mass is 10.2. The van der Waals surface area contributed by atoms with Crippen LogP contribution in [0.3, 0.4) is 0 Å². The van der Waals surface area contributed by atoms with E-state index >= 15 is 0 Å². The Bertz CT molecular complexity index is 503. The van der Waals surface area contributed by atoms with Crippen LogP contribution in [-0.2, 0) is 13.1 Å². The van der Waals surface area contributed by atoms with Crippen LogP contribution in [0.5, 0.6) is 0 Å². The highest BCUT2D eigenvalue weighted by atomic mass is 35.5. The minimum Gasteiger partial charge on any atom is -0.234 e. The molecule has 1 heterocycles. The maximum atomic E-state index is 5.99. The van der Waals surface area contributed by atoms with Crippen LogP contribution in [0.4, 0.5) is 0 Å². The van der Waals surface area contributed by atoms with Gasteiger partial charge in [0.05, 0.1) is 6.54 Å². The first-order valence-electron chi connectivity index (χ1n) is 6.00. The predicted molar refractivity (Wildman–Crippen MR) is 70.2 cm³/mol. The van der Waals surface area contributed by atoms with Crippen molar-refractivity contribution in [2.75, 3.05) is 0 Å². The lowest BCUT2D eigenvalue weighted by molar-refractivity contribution is -0.694. The SMILES string of the molecule is CCCn1cc[n+](Cc2cccc(Cl)c2)c1C. The summed E-state index contributed by atoms with van der Waals surface area (Å²) in [5.41, 5.74) is 1.24. The van der Waals surface area contributed by atoms with E-state index in [0.717, 1.165) is 24.5 Å². The van der Waals surface area contributed by atoms with E-state index in [1.165, 1.54) is 11.4 Å². The quantitative estimate of drug-likeness (QED) is 0.736. The van der Waals surface area contributed by atoms with Gasteiger partial charge in [-0.05, 0) is 24.1 Å². The molecular formula is C14H18ClN2+. The number of imidazole rings is 1. The molecule has 0 fully saturated rings. The number of aryl methyl sites for hydroxylation is 1. The summed E-state index contributed by atoms with van der Waals surface area (Å²) in [5, 5.41) is 0.800. The zero-order valence-electron chi connectivity index (χ0n) is 10.4. The van der Waals surface area contributed by atoms with Crippen LogP contribution in [0, 0.1) is 6.92 Å². The molecule has 0 radical (unpaired) electrons. The van der Waals surface area contributed by atoms with Gasteiger partial charge in [0, 0.05) is 11.9 Å². The summed E-state index contributed by atoms with van der Waals surface area (Å²) in [5.74, 6) is 1.28. The Morgan fingerprint density at radius 3 is 2.88 bits per heavy atom. The van der Waals surface area contributed by atoms with Crippen molar-refractivity contribution in [2.45, 2.75) is 33.4 Å². The molecule has 0 aliphatic rings. The van der Waals surface area contributed by atoms with Crippen LogP contribution in [0.25, 0.3) is 0 Å². The van der Waals surface area contributed by atoms with E-state index in [1.807, 2.05) is 18.2 Å². The highest BCUT2D eigenvalue weighted by molar-refractivity contribution is 6.30. The minimum atomic E-state index is 0.800. The minimum absolute atomic E-state index is 0.800. The van der Waals surface area contributed by atoms with Crippen molar-refractivity contribution in [1.29, 1.82) is 0 Å². The molecule has 2 rings (SSSR count). The number of benzene rings is 1. The maximum absolute atomic E-state index is 5.99. The fraction of sp³-hybridized carbons (Fsp3) is 0.357. The van der Waals surface area contributed by atoms with Gasteiger partial charge in [-0.25, -0.2) is 9.13 Å². The summed E-state index contributed by atoms with van der Waals surface area (Å²) in [7, 11) is 0. The van der Waals surface area contributed by atoms with Crippen molar-refractivity contribution in [3.8, 4) is 0 Å². The molecule has 0 unspecified atom stereocenters. The summed E-state index contributed by atoms with van der Waals surface area (Å²) < 4.78 is 4.53. The Hall–Kier alpha value is -1.28. The van der Waals surface area contributed by atoms with Crippen LogP contribution in [0.15, 0.2) is 36.7 Å². The third-order valence-electron chi connectivity index (χ3n) is 2.96. The molecule has 0 amide bonds. The smallest absolute Gasteiger partial charge is 0.234 e. The Morgan fingerprint density at radius 1 is 1.35 bits per heavy atom. The van der Waals surface area contributed by atoms with E-state index in [4.69, 9.17) is 11.6 Å². The largest absolute Gasteiger partial charge is 0.253 e. The third-order valence-corrected chi connectivity index (χ3v) is 3.20. The topological polar surface area (TPSA) is 8.81 Å². The van der Waals surface area contributed by atoms with Crippen molar-refractivity contribution in [1.82, 2.24) is 4.57 Å². The molecule has 0 spiro atoms. The maximum Gasteiger partial charge on any atom is 0.253 e. The molecule has 0 saturated carbocycles. The van der Waals surface area contributed by atoms with Gasteiger partial charge >= 0.3 is 0 Å². The third kappa shape index (κ3) is 2.89. The molecule has 0 saturated heterocycles. The molecule has 0 atom stereocenters. The monoisotopic (exact) mass is 249 g/mol. The first-order chi connectivity index (χ1) is 8.20. The van der Waals surface area contributed by atoms with E-state index in [1.54, 1.807) is 0 Å². The van der Waals surface area contributed by atoms with E-state index < -0.39 is 0 Å². The molecule has 0 N–H and O–H groups in total. The van der Waals surface area contributed by atoms with Gasteiger partial charge in [0.1, 0.15) is 18.9 Å². The van der Waals surface area contributed by atoms with Gasteiger partial charge in [-0.15, -0.1) is 0 Å². The molecule has 0 bridgehead atoms. The first-order valence-corrected chi connectivity index (χ1v) is 6.38. The molecule has 2 aromatic rings. The molecule has 0 aliphatic heterocycles.